The summed E-state index contributed by atoms with van der Waals surface area (Å²) in [6.45, 7) is 5.89. The molecule has 3 nitrogen and oxygen atoms in total. The minimum atomic E-state index is -0.454. The van der Waals surface area contributed by atoms with E-state index in [1.165, 1.54) is 6.08 Å². The lowest BCUT2D eigenvalue weighted by molar-refractivity contribution is -0.104. The summed E-state index contributed by atoms with van der Waals surface area (Å²) in [5, 5.41) is 0. The van der Waals surface area contributed by atoms with E-state index in [9.17, 15) is 4.79 Å². The highest BCUT2D eigenvalue weighted by molar-refractivity contribution is 5.66. The Morgan fingerprint density at radius 1 is 1.46 bits per heavy atom. The van der Waals surface area contributed by atoms with E-state index < -0.39 is 5.60 Å². The molecule has 1 heterocycles. The van der Waals surface area contributed by atoms with Crippen LogP contribution in [-0.4, -0.2) is 24.6 Å². The molecular weight excluding hydrogens is 168 g/mol. The summed E-state index contributed by atoms with van der Waals surface area (Å²) in [4.78, 5) is 10.4. The summed E-state index contributed by atoms with van der Waals surface area (Å²) >= 11 is 0. The number of allylic oxidation sites excluding steroid dienone is 1. The molecule has 0 aliphatic carbocycles. The van der Waals surface area contributed by atoms with Crippen molar-refractivity contribution in [3.8, 4) is 0 Å². The lowest BCUT2D eigenvalue weighted by Crippen LogP contribution is -2.28. The van der Waals surface area contributed by atoms with Crippen molar-refractivity contribution in [2.75, 3.05) is 7.11 Å². The molecule has 0 bridgehead atoms. The van der Waals surface area contributed by atoms with Gasteiger partial charge in [-0.3, -0.25) is 4.79 Å². The second kappa shape index (κ2) is 3.14. The van der Waals surface area contributed by atoms with Crippen LogP contribution in [0.5, 0.6) is 0 Å². The van der Waals surface area contributed by atoms with Gasteiger partial charge in [0.2, 0.25) is 0 Å². The fourth-order valence-electron chi connectivity index (χ4n) is 1.79. The first-order chi connectivity index (χ1) is 5.93. The van der Waals surface area contributed by atoms with Crippen LogP contribution in [0.4, 0.5) is 0 Å². The zero-order valence-electron chi connectivity index (χ0n) is 8.59. The molecule has 0 amide bonds. The highest BCUT2D eigenvalue weighted by Gasteiger charge is 2.46. The standard InChI is InChI=1S/C10H16O3/c1-9(2)7-10(3,12-4)8(13-9)5-6-11/h5-6H,7H2,1-4H3/b8-5+. The number of rotatable bonds is 2. The molecule has 1 aliphatic rings. The second-order valence-electron chi connectivity index (χ2n) is 4.14. The summed E-state index contributed by atoms with van der Waals surface area (Å²) < 4.78 is 10.9. The molecule has 0 saturated carbocycles. The molecule has 1 rings (SSSR count). The SMILES string of the molecule is COC1(C)CC(C)(C)O/C1=C/C=O. The van der Waals surface area contributed by atoms with Gasteiger partial charge in [0.25, 0.3) is 0 Å². The molecule has 0 spiro atoms. The predicted octanol–water partition coefficient (Wildman–Crippen LogP) is 1.67. The fourth-order valence-corrected chi connectivity index (χ4v) is 1.79. The van der Waals surface area contributed by atoms with Crippen molar-refractivity contribution >= 4 is 6.29 Å². The van der Waals surface area contributed by atoms with Gasteiger partial charge in [-0.1, -0.05) is 0 Å². The molecule has 1 aliphatic heterocycles. The fraction of sp³-hybridized carbons (Fsp3) is 0.700. The molecule has 0 aromatic carbocycles. The topological polar surface area (TPSA) is 35.5 Å². The highest BCUT2D eigenvalue weighted by atomic mass is 16.6. The van der Waals surface area contributed by atoms with Crippen molar-refractivity contribution in [2.24, 2.45) is 0 Å². The third-order valence-electron chi connectivity index (χ3n) is 2.34. The van der Waals surface area contributed by atoms with E-state index in [1.807, 2.05) is 20.8 Å². The zero-order valence-corrected chi connectivity index (χ0v) is 8.59. The first-order valence-electron chi connectivity index (χ1n) is 4.34. The molecule has 3 heteroatoms. The zero-order chi connectivity index (χ0) is 10.1. The summed E-state index contributed by atoms with van der Waals surface area (Å²) in [6, 6.07) is 0. The molecule has 1 unspecified atom stereocenters. The maximum atomic E-state index is 10.4. The average molecular weight is 184 g/mol. The van der Waals surface area contributed by atoms with Gasteiger partial charge in [-0.25, -0.2) is 0 Å². The minimum absolute atomic E-state index is 0.250. The van der Waals surface area contributed by atoms with Gasteiger partial charge in [-0.15, -0.1) is 0 Å². The molecule has 1 fully saturated rings. The molecule has 1 saturated heterocycles. The van der Waals surface area contributed by atoms with Gasteiger partial charge in [0.05, 0.1) is 0 Å². The average Bonchev–Trinajstić information content (AvgIpc) is 2.24. The normalized spacial score (nSPS) is 34.6. The second-order valence-corrected chi connectivity index (χ2v) is 4.14. The van der Waals surface area contributed by atoms with E-state index in [0.717, 1.165) is 12.7 Å². The number of carbonyl (C=O) groups excluding carboxylic acids is 1. The summed E-state index contributed by atoms with van der Waals surface area (Å²) in [7, 11) is 1.63. The van der Waals surface area contributed by atoms with E-state index in [1.54, 1.807) is 7.11 Å². The van der Waals surface area contributed by atoms with Crippen molar-refractivity contribution in [3.05, 3.63) is 11.8 Å². The Hall–Kier alpha value is -0.830. The van der Waals surface area contributed by atoms with Crippen LogP contribution in [0.25, 0.3) is 0 Å². The van der Waals surface area contributed by atoms with Crippen LogP contribution in [0.15, 0.2) is 11.8 Å². The van der Waals surface area contributed by atoms with Crippen LogP contribution in [0.2, 0.25) is 0 Å². The number of carbonyl (C=O) groups is 1. The summed E-state index contributed by atoms with van der Waals surface area (Å²) in [5.74, 6) is 0.620. The van der Waals surface area contributed by atoms with Gasteiger partial charge in [-0.2, -0.15) is 0 Å². The molecule has 0 aromatic rings. The Balaban J connectivity index is 2.96. The third-order valence-corrected chi connectivity index (χ3v) is 2.34. The Morgan fingerprint density at radius 3 is 2.54 bits per heavy atom. The van der Waals surface area contributed by atoms with Crippen LogP contribution in [0.3, 0.4) is 0 Å². The lowest BCUT2D eigenvalue weighted by Gasteiger charge is -2.20. The van der Waals surface area contributed by atoms with E-state index in [4.69, 9.17) is 9.47 Å². The largest absolute Gasteiger partial charge is 0.489 e. The minimum Gasteiger partial charge on any atom is -0.489 e. The van der Waals surface area contributed by atoms with Crippen LogP contribution in [0, 0.1) is 0 Å². The number of ether oxygens (including phenoxy) is 2. The third kappa shape index (κ3) is 1.91. The van der Waals surface area contributed by atoms with Crippen molar-refractivity contribution in [3.63, 3.8) is 0 Å². The Morgan fingerprint density at radius 2 is 2.08 bits per heavy atom. The van der Waals surface area contributed by atoms with Gasteiger partial charge in [0.1, 0.15) is 23.2 Å². The maximum absolute atomic E-state index is 10.4. The number of hydrogen-bond donors (Lipinski definition) is 0. The molecular formula is C10H16O3. The van der Waals surface area contributed by atoms with Gasteiger partial charge in [0, 0.05) is 19.6 Å². The van der Waals surface area contributed by atoms with Crippen LogP contribution < -0.4 is 0 Å². The first-order valence-corrected chi connectivity index (χ1v) is 4.34. The first kappa shape index (κ1) is 10.3. The summed E-state index contributed by atoms with van der Waals surface area (Å²) in [5.41, 5.74) is -0.704. The van der Waals surface area contributed by atoms with E-state index in [0.29, 0.717) is 5.76 Å². The molecule has 13 heavy (non-hydrogen) atoms. The van der Waals surface area contributed by atoms with E-state index >= 15 is 0 Å². The van der Waals surface area contributed by atoms with Crippen molar-refractivity contribution < 1.29 is 14.3 Å². The Bertz CT molecular complexity index is 243. The highest BCUT2D eigenvalue weighted by Crippen LogP contribution is 2.42. The van der Waals surface area contributed by atoms with Crippen LogP contribution in [0.1, 0.15) is 27.2 Å². The quantitative estimate of drug-likeness (QED) is 0.483. The number of aldehydes is 1. The van der Waals surface area contributed by atoms with Gasteiger partial charge in [-0.05, 0) is 20.8 Å². The molecule has 74 valence electrons. The molecule has 0 aromatic heterocycles. The van der Waals surface area contributed by atoms with Gasteiger partial charge >= 0.3 is 0 Å². The monoisotopic (exact) mass is 184 g/mol. The van der Waals surface area contributed by atoms with Crippen molar-refractivity contribution in [1.82, 2.24) is 0 Å². The van der Waals surface area contributed by atoms with Gasteiger partial charge < -0.3 is 9.47 Å². The number of methoxy groups -OCH3 is 1. The number of hydrogen-bond acceptors (Lipinski definition) is 3. The predicted molar refractivity (Wildman–Crippen MR) is 49.3 cm³/mol. The van der Waals surface area contributed by atoms with E-state index in [2.05, 4.69) is 0 Å². The lowest BCUT2D eigenvalue weighted by atomic mass is 9.93. The van der Waals surface area contributed by atoms with Crippen LogP contribution >= 0.6 is 0 Å². The Labute approximate surface area is 78.7 Å². The summed E-state index contributed by atoms with van der Waals surface area (Å²) in [6.07, 6.45) is 2.92. The van der Waals surface area contributed by atoms with Crippen molar-refractivity contribution in [2.45, 2.75) is 38.4 Å². The molecule has 0 radical (unpaired) electrons. The molecule has 0 N–H and O–H groups in total. The van der Waals surface area contributed by atoms with Crippen LogP contribution in [-0.2, 0) is 14.3 Å². The van der Waals surface area contributed by atoms with E-state index in [-0.39, 0.29) is 5.60 Å². The van der Waals surface area contributed by atoms with Crippen molar-refractivity contribution in [1.29, 1.82) is 0 Å². The van der Waals surface area contributed by atoms with Gasteiger partial charge in [0.15, 0.2) is 0 Å². The maximum Gasteiger partial charge on any atom is 0.146 e. The smallest absolute Gasteiger partial charge is 0.146 e. The Kier molecular flexibility index (Phi) is 2.48. The molecule has 1 atom stereocenters.